The number of nitrogens with one attached hydrogen (secondary N) is 5. The first-order valence-corrected chi connectivity index (χ1v) is 12.1. The molecule has 0 amide bonds. The molecule has 2 saturated heterocycles. The van der Waals surface area contributed by atoms with Crippen LogP contribution < -0.4 is 26.6 Å². The van der Waals surface area contributed by atoms with E-state index in [4.69, 9.17) is 36.1 Å². The normalized spacial score (nSPS) is 41.0. The molecule has 0 aromatic rings. The predicted octanol–water partition coefficient (Wildman–Crippen LogP) is -0.666. The van der Waals surface area contributed by atoms with E-state index in [-0.39, 0.29) is 25.2 Å². The second kappa shape index (κ2) is 11.0. The minimum atomic E-state index is -1.41. The van der Waals surface area contributed by atoms with Gasteiger partial charge in [-0.15, -0.1) is 5.11 Å². The molecule has 0 aromatic heterocycles. The number of hydrogen-bond donors (Lipinski definition) is 5. The Morgan fingerprint density at radius 2 is 2.06 bits per heavy atom. The second-order valence-electron chi connectivity index (χ2n) is 9.94. The van der Waals surface area contributed by atoms with Gasteiger partial charge in [-0.25, -0.2) is 4.39 Å². The molecule has 0 aromatic carbocycles. The van der Waals surface area contributed by atoms with E-state index in [9.17, 15) is 4.39 Å². The molecule has 8 radical (unpaired) electrons. The van der Waals surface area contributed by atoms with Gasteiger partial charge >= 0.3 is 0 Å². The fourth-order valence-electron chi connectivity index (χ4n) is 5.76. The maximum atomic E-state index is 14.9. The Morgan fingerprint density at radius 3 is 2.84 bits per heavy atom. The average molecular weight is 435 g/mol. The molecule has 5 N–H and O–H groups in total. The lowest BCUT2D eigenvalue weighted by Gasteiger charge is -2.45. The van der Waals surface area contributed by atoms with Crippen molar-refractivity contribution in [2.24, 2.45) is 11.8 Å². The molecule has 6 nitrogen and oxygen atoms in total. The van der Waals surface area contributed by atoms with Crippen molar-refractivity contribution in [1.82, 2.24) is 26.6 Å². The average Bonchev–Trinajstić information content (AvgIpc) is 3.05. The van der Waals surface area contributed by atoms with Crippen LogP contribution in [-0.4, -0.2) is 94.4 Å². The van der Waals surface area contributed by atoms with Crippen LogP contribution in [0.15, 0.2) is 11.6 Å². The third-order valence-corrected chi connectivity index (χ3v) is 7.30. The molecule has 3 heterocycles. The zero-order valence-electron chi connectivity index (χ0n) is 18.9. The highest BCUT2D eigenvalue weighted by atomic mass is 19.1. The first kappa shape index (κ1) is 24.8. The summed E-state index contributed by atoms with van der Waals surface area (Å²) in [6.45, 7) is 2.91. The summed E-state index contributed by atoms with van der Waals surface area (Å²) in [6, 6.07) is -0.204. The summed E-state index contributed by atoms with van der Waals surface area (Å²) < 4.78 is 21.1. The summed E-state index contributed by atoms with van der Waals surface area (Å²) in [4.78, 5) is 0. The number of rotatable bonds is 7. The maximum absolute atomic E-state index is 14.9. The summed E-state index contributed by atoms with van der Waals surface area (Å²) in [5.41, 5.74) is 1.52. The van der Waals surface area contributed by atoms with Gasteiger partial charge < -0.3 is 15.4 Å². The molecule has 1 saturated carbocycles. The fourth-order valence-corrected chi connectivity index (χ4v) is 5.76. The summed E-state index contributed by atoms with van der Waals surface area (Å²) in [5, 5.41) is 15.3. The van der Waals surface area contributed by atoms with Crippen molar-refractivity contribution in [2.75, 3.05) is 26.2 Å². The van der Waals surface area contributed by atoms with Crippen molar-refractivity contribution in [2.45, 2.75) is 80.4 Å². The predicted molar refractivity (Wildman–Crippen MR) is 129 cm³/mol. The number of halogens is 1. The summed E-state index contributed by atoms with van der Waals surface area (Å²) in [6.07, 6.45) is 6.14. The van der Waals surface area contributed by atoms with Crippen molar-refractivity contribution >= 4 is 31.4 Å². The minimum Gasteiger partial charge on any atom is -0.377 e. The van der Waals surface area contributed by atoms with Crippen LogP contribution in [0.4, 0.5) is 4.39 Å². The third kappa shape index (κ3) is 6.22. The highest BCUT2D eigenvalue weighted by Crippen LogP contribution is 2.42. The summed E-state index contributed by atoms with van der Waals surface area (Å²) in [7, 11) is 22.8. The van der Waals surface area contributed by atoms with Crippen LogP contribution in [0.1, 0.15) is 32.1 Å². The van der Waals surface area contributed by atoms with Crippen LogP contribution >= 0.6 is 0 Å². The van der Waals surface area contributed by atoms with Crippen molar-refractivity contribution in [3.05, 3.63) is 11.6 Å². The zero-order valence-corrected chi connectivity index (χ0v) is 18.9. The molecule has 1 aliphatic carbocycles. The van der Waals surface area contributed by atoms with Gasteiger partial charge in [0.25, 0.3) is 0 Å². The minimum absolute atomic E-state index is 0.0733. The van der Waals surface area contributed by atoms with E-state index in [2.05, 4.69) is 32.7 Å². The molecule has 4 aliphatic rings. The fraction of sp³-hybridized carbons (Fsp3) is 0.905. The van der Waals surface area contributed by atoms with Gasteiger partial charge in [0.1, 0.15) is 12.5 Å². The van der Waals surface area contributed by atoms with Gasteiger partial charge in [0, 0.05) is 31.2 Å². The lowest BCUT2D eigenvalue weighted by Crippen LogP contribution is -2.73. The molecule has 4 rings (SSSR count). The van der Waals surface area contributed by atoms with Crippen molar-refractivity contribution in [3.63, 3.8) is 0 Å². The van der Waals surface area contributed by atoms with Crippen molar-refractivity contribution < 1.29 is 9.13 Å². The van der Waals surface area contributed by atoms with Crippen molar-refractivity contribution in [1.29, 1.82) is 0 Å². The lowest BCUT2D eigenvalue weighted by molar-refractivity contribution is 0.0145. The highest BCUT2D eigenvalue weighted by Gasteiger charge is 2.44. The van der Waals surface area contributed by atoms with Gasteiger partial charge in [-0.2, -0.15) is 0 Å². The molecule has 11 heteroatoms. The quantitative estimate of drug-likeness (QED) is 0.271. The molecule has 168 valence electrons. The lowest BCUT2D eigenvalue weighted by atomic mass is 9.43. The monoisotopic (exact) mass is 435 g/mol. The van der Waals surface area contributed by atoms with E-state index in [1.807, 2.05) is 0 Å². The van der Waals surface area contributed by atoms with Gasteiger partial charge in [-0.1, -0.05) is 18.0 Å². The van der Waals surface area contributed by atoms with E-state index >= 15 is 0 Å². The largest absolute Gasteiger partial charge is 0.377 e. The first-order chi connectivity index (χ1) is 15.3. The number of alkyl halides is 1. The molecule has 8 unspecified atom stereocenters. The van der Waals surface area contributed by atoms with E-state index in [0.29, 0.717) is 17.9 Å². The van der Waals surface area contributed by atoms with Crippen LogP contribution in [0.25, 0.3) is 0 Å². The van der Waals surface area contributed by atoms with Gasteiger partial charge in [0.05, 0.1) is 43.7 Å². The maximum Gasteiger partial charge on any atom is 0.143 e. The van der Waals surface area contributed by atoms with Crippen LogP contribution in [0.5, 0.6) is 0 Å². The molecule has 32 heavy (non-hydrogen) atoms. The molecule has 3 aliphatic heterocycles. The van der Waals surface area contributed by atoms with Crippen LogP contribution in [-0.2, 0) is 4.74 Å². The zero-order chi connectivity index (χ0) is 22.7. The Morgan fingerprint density at radius 1 is 1.22 bits per heavy atom. The van der Waals surface area contributed by atoms with E-state index in [1.54, 1.807) is 0 Å². The van der Waals surface area contributed by atoms with Gasteiger partial charge in [0.15, 0.2) is 0 Å². The SMILES string of the molecule is [B]CC1NC(NC2CC3CCOC3C(C3=CCNCCC3)C2)NC(NCC([B])([B])[B])C1F. The van der Waals surface area contributed by atoms with Crippen LogP contribution in [0, 0.1) is 11.8 Å². The molecule has 8 atom stereocenters. The second-order valence-corrected chi connectivity index (χ2v) is 9.94. The molecular weight excluding hydrogens is 401 g/mol. The van der Waals surface area contributed by atoms with Crippen LogP contribution in [0.3, 0.4) is 0 Å². The van der Waals surface area contributed by atoms with Crippen LogP contribution in [0.2, 0.25) is 11.4 Å². The standard InChI is InChI=1S/C21H34B4FN5O/c22-10-16-17(26)19(28-11-21(23,24)25)31-20(30-16)29-14-8-13-4-7-32-18(13)15(9-14)12-2-1-5-27-6-3-12/h3,13-20,27-31H,1-2,4-11H2. The Hall–Kier alpha value is -0.310. The Bertz CT molecular complexity index is 654. The Kier molecular flexibility index (Phi) is 8.49. The molecule has 0 spiro atoms. The third-order valence-electron chi connectivity index (χ3n) is 7.30. The molecular formula is C21H34B4FN5O. The Balaban J connectivity index is 1.41. The topological polar surface area (TPSA) is 69.4 Å². The van der Waals surface area contributed by atoms with Gasteiger partial charge in [-0.3, -0.25) is 16.0 Å². The highest BCUT2D eigenvalue weighted by molar-refractivity contribution is 6.59. The van der Waals surface area contributed by atoms with E-state index < -0.39 is 23.5 Å². The summed E-state index contributed by atoms with van der Waals surface area (Å²) >= 11 is 0. The number of ether oxygens (including phenoxy) is 1. The summed E-state index contributed by atoms with van der Waals surface area (Å²) in [5.74, 6) is 0.977. The number of fused-ring (bicyclic) bond motifs is 1. The smallest absolute Gasteiger partial charge is 0.143 e. The van der Waals surface area contributed by atoms with Gasteiger partial charge in [-0.05, 0) is 51.1 Å². The van der Waals surface area contributed by atoms with Gasteiger partial charge in [0.2, 0.25) is 0 Å². The van der Waals surface area contributed by atoms with E-state index in [0.717, 1.165) is 51.8 Å². The molecule has 3 fully saturated rings. The Labute approximate surface area is 197 Å². The molecule has 0 bridgehead atoms. The number of hydrogen-bond acceptors (Lipinski definition) is 6. The van der Waals surface area contributed by atoms with Crippen molar-refractivity contribution in [3.8, 4) is 0 Å². The van der Waals surface area contributed by atoms with E-state index in [1.165, 1.54) is 5.57 Å². The first-order valence-electron chi connectivity index (χ1n) is 12.1.